The van der Waals surface area contributed by atoms with E-state index in [0.717, 1.165) is 29.5 Å². The maximum absolute atomic E-state index is 12.6. The topological polar surface area (TPSA) is 77.6 Å². The van der Waals surface area contributed by atoms with Gasteiger partial charge in [0.05, 0.1) is 5.69 Å². The molecule has 2 heterocycles. The molecule has 0 radical (unpaired) electrons. The van der Waals surface area contributed by atoms with E-state index in [0.29, 0.717) is 36.8 Å². The lowest BCUT2D eigenvalue weighted by Gasteiger charge is -2.36. The molecule has 1 aromatic heterocycles. The van der Waals surface area contributed by atoms with E-state index in [1.807, 2.05) is 64.9 Å². The number of nitrogens with zero attached hydrogens (tertiary/aromatic N) is 3. The fourth-order valence-electron chi connectivity index (χ4n) is 3.54. The van der Waals surface area contributed by atoms with Gasteiger partial charge in [-0.2, -0.15) is 0 Å². The zero-order chi connectivity index (χ0) is 22.3. The number of anilines is 3. The number of carbonyl (C=O) groups excluding carboxylic acids is 2. The Hall–Kier alpha value is -3.10. The van der Waals surface area contributed by atoms with E-state index < -0.39 is 0 Å². The molecule has 7 nitrogen and oxygen atoms in total. The second-order valence-corrected chi connectivity index (χ2v) is 8.73. The lowest BCUT2D eigenvalue weighted by atomic mass is 10.2. The lowest BCUT2D eigenvalue weighted by Crippen LogP contribution is -2.48. The number of hydrogen-bond acceptors (Lipinski definition) is 5. The van der Waals surface area contributed by atoms with Gasteiger partial charge in [0.1, 0.15) is 0 Å². The van der Waals surface area contributed by atoms with E-state index >= 15 is 0 Å². The average molecular weight is 470 g/mol. The number of nitrogens with one attached hydrogen (secondary N) is 2. The van der Waals surface area contributed by atoms with Crippen LogP contribution in [-0.4, -0.2) is 48.0 Å². The standard InChI is InChI=1S/C23H24ClN5O2S/c24-17-5-4-8-20(15-17)28-11-13-29(14-12-28)21(30)10-9-19-16-32-23(26-19)27-22(31)25-18-6-2-1-3-7-18/h1-8,15-16H,9-14H2,(H2,25,26,27,31). The third-order valence-corrected chi connectivity index (χ3v) is 6.25. The number of hydrogen-bond donors (Lipinski definition) is 2. The summed E-state index contributed by atoms with van der Waals surface area (Å²) in [6, 6.07) is 16.7. The Morgan fingerprint density at radius 1 is 1.00 bits per heavy atom. The number of piperazine rings is 1. The van der Waals surface area contributed by atoms with Gasteiger partial charge in [-0.3, -0.25) is 10.1 Å². The zero-order valence-corrected chi connectivity index (χ0v) is 19.0. The largest absolute Gasteiger partial charge is 0.368 e. The SMILES string of the molecule is O=C(Nc1ccccc1)Nc1nc(CCC(=O)N2CCN(c3cccc(Cl)c3)CC2)cs1. The van der Waals surface area contributed by atoms with Gasteiger partial charge in [-0.25, -0.2) is 9.78 Å². The molecule has 0 bridgehead atoms. The van der Waals surface area contributed by atoms with Gasteiger partial charge in [-0.05, 0) is 36.8 Å². The van der Waals surface area contributed by atoms with Gasteiger partial charge in [0.25, 0.3) is 0 Å². The van der Waals surface area contributed by atoms with Crippen molar-refractivity contribution in [3.05, 3.63) is 70.7 Å². The number of para-hydroxylation sites is 1. The Morgan fingerprint density at radius 3 is 2.53 bits per heavy atom. The summed E-state index contributed by atoms with van der Waals surface area (Å²) in [6.45, 7) is 2.95. The molecule has 3 amide bonds. The van der Waals surface area contributed by atoms with Crippen molar-refractivity contribution >= 4 is 51.4 Å². The van der Waals surface area contributed by atoms with Crippen molar-refractivity contribution in [1.29, 1.82) is 0 Å². The quantitative estimate of drug-likeness (QED) is 0.547. The Bertz CT molecular complexity index is 1070. The van der Waals surface area contributed by atoms with Crippen molar-refractivity contribution < 1.29 is 9.59 Å². The Morgan fingerprint density at radius 2 is 1.78 bits per heavy atom. The van der Waals surface area contributed by atoms with Crippen LogP contribution in [0.3, 0.4) is 0 Å². The number of thiazole rings is 1. The maximum atomic E-state index is 12.6. The Kier molecular flexibility index (Phi) is 7.24. The molecule has 0 aliphatic carbocycles. The van der Waals surface area contributed by atoms with E-state index in [2.05, 4.69) is 20.5 Å². The molecule has 3 aromatic rings. The van der Waals surface area contributed by atoms with Crippen LogP contribution < -0.4 is 15.5 Å². The molecule has 0 atom stereocenters. The van der Waals surface area contributed by atoms with Gasteiger partial charge in [0.15, 0.2) is 5.13 Å². The first kappa shape index (κ1) is 22.1. The van der Waals surface area contributed by atoms with Crippen molar-refractivity contribution in [1.82, 2.24) is 9.88 Å². The number of halogens is 1. The molecule has 0 spiro atoms. The minimum Gasteiger partial charge on any atom is -0.368 e. The van der Waals surface area contributed by atoms with Crippen molar-refractivity contribution in [2.45, 2.75) is 12.8 Å². The van der Waals surface area contributed by atoms with E-state index in [-0.39, 0.29) is 11.9 Å². The summed E-state index contributed by atoms with van der Waals surface area (Å²) in [7, 11) is 0. The van der Waals surface area contributed by atoms with Crippen LogP contribution in [-0.2, 0) is 11.2 Å². The van der Waals surface area contributed by atoms with Gasteiger partial charge in [-0.15, -0.1) is 11.3 Å². The molecule has 9 heteroatoms. The second kappa shape index (κ2) is 10.5. The molecule has 1 fully saturated rings. The average Bonchev–Trinajstić information content (AvgIpc) is 3.25. The smallest absolute Gasteiger partial charge is 0.325 e. The molecule has 2 N–H and O–H groups in total. The Labute approximate surface area is 196 Å². The van der Waals surface area contributed by atoms with Crippen LogP contribution in [0.4, 0.5) is 21.3 Å². The third kappa shape index (κ3) is 5.99. The number of amides is 3. The van der Waals surface area contributed by atoms with Crippen LogP contribution >= 0.6 is 22.9 Å². The predicted octanol–water partition coefficient (Wildman–Crippen LogP) is 4.72. The first-order valence-electron chi connectivity index (χ1n) is 10.4. The van der Waals surface area contributed by atoms with Gasteiger partial charge < -0.3 is 15.1 Å². The van der Waals surface area contributed by atoms with Gasteiger partial charge >= 0.3 is 6.03 Å². The number of urea groups is 1. The van der Waals surface area contributed by atoms with Gasteiger partial charge in [0.2, 0.25) is 5.91 Å². The minimum absolute atomic E-state index is 0.125. The van der Waals surface area contributed by atoms with E-state index in [9.17, 15) is 9.59 Å². The highest BCUT2D eigenvalue weighted by atomic mass is 35.5. The van der Waals surface area contributed by atoms with Crippen LogP contribution in [0.25, 0.3) is 0 Å². The summed E-state index contributed by atoms with van der Waals surface area (Å²) in [4.78, 5) is 33.3. The van der Waals surface area contributed by atoms with Gasteiger partial charge in [0, 0.05) is 54.4 Å². The summed E-state index contributed by atoms with van der Waals surface area (Å²) in [6.07, 6.45) is 0.947. The first-order chi connectivity index (χ1) is 15.6. The predicted molar refractivity (Wildman–Crippen MR) is 130 cm³/mol. The molecule has 0 unspecified atom stereocenters. The zero-order valence-electron chi connectivity index (χ0n) is 17.5. The van der Waals surface area contributed by atoms with Crippen molar-refractivity contribution in [2.75, 3.05) is 41.7 Å². The summed E-state index contributed by atoms with van der Waals surface area (Å²) in [5.41, 5.74) is 2.60. The van der Waals surface area contributed by atoms with Crippen molar-refractivity contribution in [3.63, 3.8) is 0 Å². The van der Waals surface area contributed by atoms with Gasteiger partial charge in [-0.1, -0.05) is 35.9 Å². The summed E-state index contributed by atoms with van der Waals surface area (Å²) in [5.74, 6) is 0.125. The Balaban J connectivity index is 1.21. The van der Waals surface area contributed by atoms with Crippen LogP contribution in [0, 0.1) is 0 Å². The third-order valence-electron chi connectivity index (χ3n) is 5.20. The number of rotatable bonds is 6. The highest BCUT2D eigenvalue weighted by Gasteiger charge is 2.21. The minimum atomic E-state index is -0.342. The molecule has 0 saturated carbocycles. The summed E-state index contributed by atoms with van der Waals surface area (Å²) < 4.78 is 0. The highest BCUT2D eigenvalue weighted by molar-refractivity contribution is 7.13. The fraction of sp³-hybridized carbons (Fsp3) is 0.261. The molecule has 1 saturated heterocycles. The van der Waals surface area contributed by atoms with Crippen LogP contribution in [0.1, 0.15) is 12.1 Å². The van der Waals surface area contributed by atoms with Crippen molar-refractivity contribution in [2.24, 2.45) is 0 Å². The highest BCUT2D eigenvalue weighted by Crippen LogP contribution is 2.21. The molecular weight excluding hydrogens is 446 g/mol. The lowest BCUT2D eigenvalue weighted by molar-refractivity contribution is -0.131. The first-order valence-corrected chi connectivity index (χ1v) is 11.7. The molecule has 166 valence electrons. The van der Waals surface area contributed by atoms with Crippen molar-refractivity contribution in [3.8, 4) is 0 Å². The maximum Gasteiger partial charge on any atom is 0.325 e. The molecule has 32 heavy (non-hydrogen) atoms. The second-order valence-electron chi connectivity index (χ2n) is 7.44. The normalized spacial score (nSPS) is 13.7. The van der Waals surface area contributed by atoms with E-state index in [4.69, 9.17) is 11.6 Å². The number of aromatic nitrogens is 1. The van der Waals surface area contributed by atoms with Crippen LogP contribution in [0.15, 0.2) is 60.0 Å². The molecule has 1 aliphatic heterocycles. The molecule has 2 aromatic carbocycles. The molecular formula is C23H24ClN5O2S. The molecule has 4 rings (SSSR count). The summed E-state index contributed by atoms with van der Waals surface area (Å²) >= 11 is 7.43. The monoisotopic (exact) mass is 469 g/mol. The number of carbonyl (C=O) groups is 2. The number of benzene rings is 2. The molecule has 1 aliphatic rings. The number of aryl methyl sites for hydroxylation is 1. The fourth-order valence-corrected chi connectivity index (χ4v) is 4.46. The van der Waals surface area contributed by atoms with Crippen LogP contribution in [0.2, 0.25) is 5.02 Å². The van der Waals surface area contributed by atoms with E-state index in [1.165, 1.54) is 11.3 Å². The summed E-state index contributed by atoms with van der Waals surface area (Å²) in [5, 5.41) is 8.59. The van der Waals surface area contributed by atoms with E-state index in [1.54, 1.807) is 0 Å². The van der Waals surface area contributed by atoms with Crippen LogP contribution in [0.5, 0.6) is 0 Å².